The summed E-state index contributed by atoms with van der Waals surface area (Å²) in [6.07, 6.45) is 2.25. The van der Waals surface area contributed by atoms with E-state index in [4.69, 9.17) is 15.7 Å². The fraction of sp³-hybridized carbons (Fsp3) is 0.316. The molecule has 3 aromatic rings. The van der Waals surface area contributed by atoms with Crippen LogP contribution >= 0.6 is 0 Å². The van der Waals surface area contributed by atoms with Crippen molar-refractivity contribution in [2.24, 2.45) is 5.73 Å². The second-order valence-corrected chi connectivity index (χ2v) is 6.89. The first-order valence-electron chi connectivity index (χ1n) is 9.28. The highest BCUT2D eigenvalue weighted by molar-refractivity contribution is 5.67. The molecule has 4 N–H and O–H groups in total. The van der Waals surface area contributed by atoms with Gasteiger partial charge in [-0.1, -0.05) is 0 Å². The highest BCUT2D eigenvalue weighted by Crippen LogP contribution is 2.34. The summed E-state index contributed by atoms with van der Waals surface area (Å²) in [7, 11) is 0. The zero-order chi connectivity index (χ0) is 21.1. The van der Waals surface area contributed by atoms with E-state index in [-0.39, 0.29) is 29.2 Å². The van der Waals surface area contributed by atoms with E-state index in [0.717, 1.165) is 12.8 Å². The molecule has 11 heteroatoms. The lowest BCUT2D eigenvalue weighted by Crippen LogP contribution is -2.19. The van der Waals surface area contributed by atoms with Gasteiger partial charge in [0.05, 0.1) is 18.1 Å². The molecule has 1 aliphatic carbocycles. The van der Waals surface area contributed by atoms with Crippen molar-refractivity contribution in [1.29, 1.82) is 5.26 Å². The summed E-state index contributed by atoms with van der Waals surface area (Å²) in [5.74, 6) is 1.13. The highest BCUT2D eigenvalue weighted by atomic mass is 19.3. The van der Waals surface area contributed by atoms with Crippen LogP contribution in [0.1, 0.15) is 37.1 Å². The van der Waals surface area contributed by atoms with Crippen LogP contribution in [0.15, 0.2) is 30.6 Å². The van der Waals surface area contributed by atoms with E-state index in [2.05, 4.69) is 30.5 Å². The number of anilines is 2. The van der Waals surface area contributed by atoms with Crippen molar-refractivity contribution >= 4 is 11.6 Å². The van der Waals surface area contributed by atoms with Crippen molar-refractivity contribution < 1.29 is 13.5 Å². The molecule has 3 heterocycles. The van der Waals surface area contributed by atoms with Gasteiger partial charge in [0.15, 0.2) is 11.5 Å². The van der Waals surface area contributed by atoms with Gasteiger partial charge in [0.2, 0.25) is 0 Å². The summed E-state index contributed by atoms with van der Waals surface area (Å²) in [6, 6.07) is 6.30. The Hall–Kier alpha value is -3.65. The van der Waals surface area contributed by atoms with Gasteiger partial charge in [-0.2, -0.15) is 10.4 Å². The molecule has 0 aromatic carbocycles. The average Bonchev–Trinajstić information content (AvgIpc) is 3.37. The van der Waals surface area contributed by atoms with Gasteiger partial charge in [0, 0.05) is 12.1 Å². The van der Waals surface area contributed by atoms with Crippen molar-refractivity contribution in [1.82, 2.24) is 25.1 Å². The van der Waals surface area contributed by atoms with Crippen LogP contribution in [-0.4, -0.2) is 37.3 Å². The number of aromatic nitrogens is 5. The molecule has 0 bridgehead atoms. The summed E-state index contributed by atoms with van der Waals surface area (Å²) in [6.45, 7) is 0. The number of alkyl halides is 2. The van der Waals surface area contributed by atoms with Gasteiger partial charge in [0.1, 0.15) is 35.1 Å². The lowest BCUT2D eigenvalue weighted by Gasteiger charge is -2.16. The number of hydrogen-bond donors (Lipinski definition) is 3. The van der Waals surface area contributed by atoms with Crippen molar-refractivity contribution in [2.45, 2.75) is 37.8 Å². The number of ether oxygens (including phenoxy) is 1. The monoisotopic (exact) mass is 412 g/mol. The first-order chi connectivity index (χ1) is 14.5. The topological polar surface area (TPSA) is 138 Å². The molecular weight excluding hydrogens is 394 g/mol. The molecule has 1 aliphatic rings. The van der Waals surface area contributed by atoms with Gasteiger partial charge in [-0.25, -0.2) is 23.7 Å². The summed E-state index contributed by atoms with van der Waals surface area (Å²) in [5, 5.41) is 18.6. The molecule has 9 nitrogen and oxygen atoms in total. The van der Waals surface area contributed by atoms with Gasteiger partial charge in [-0.3, -0.25) is 5.10 Å². The standard InChI is InChI=1S/C19H18F2N8O/c20-19(21)13-3-4-15(30-12-2-1-10(23)5-12)18(26-13)14-6-16(29-28-14)27-17-9-24-11(7-22)8-25-17/h3-4,6,8-10,12,19H,1-2,5,23H2,(H2,25,27,28,29)/t10-,12+/m0/s1. The molecule has 0 unspecified atom stereocenters. The fourth-order valence-electron chi connectivity index (χ4n) is 3.22. The number of nitrogens with one attached hydrogen (secondary N) is 2. The van der Waals surface area contributed by atoms with Crippen molar-refractivity contribution in [3.05, 3.63) is 42.0 Å². The van der Waals surface area contributed by atoms with Gasteiger partial charge in [0.25, 0.3) is 6.43 Å². The molecule has 154 valence electrons. The van der Waals surface area contributed by atoms with Crippen LogP contribution in [0.25, 0.3) is 11.4 Å². The van der Waals surface area contributed by atoms with Crippen LogP contribution in [0.4, 0.5) is 20.4 Å². The first-order valence-corrected chi connectivity index (χ1v) is 9.28. The number of rotatable bonds is 6. The maximum absolute atomic E-state index is 13.2. The smallest absolute Gasteiger partial charge is 0.280 e. The normalized spacial score (nSPS) is 18.4. The van der Waals surface area contributed by atoms with Gasteiger partial charge in [-0.15, -0.1) is 0 Å². The number of halogens is 2. The number of hydrogen-bond acceptors (Lipinski definition) is 8. The molecule has 0 saturated heterocycles. The maximum Gasteiger partial charge on any atom is 0.280 e. The van der Waals surface area contributed by atoms with Crippen LogP contribution in [-0.2, 0) is 0 Å². The third kappa shape index (κ3) is 4.33. The van der Waals surface area contributed by atoms with E-state index in [1.807, 2.05) is 6.07 Å². The fourth-order valence-corrected chi connectivity index (χ4v) is 3.22. The predicted molar refractivity (Wildman–Crippen MR) is 103 cm³/mol. The Morgan fingerprint density at radius 2 is 2.10 bits per heavy atom. The van der Waals surface area contributed by atoms with Crippen molar-refractivity contribution in [2.75, 3.05) is 5.32 Å². The molecule has 0 radical (unpaired) electrons. The average molecular weight is 412 g/mol. The molecule has 30 heavy (non-hydrogen) atoms. The van der Waals surface area contributed by atoms with E-state index in [1.165, 1.54) is 24.5 Å². The molecule has 0 amide bonds. The number of nitriles is 1. The minimum atomic E-state index is -2.72. The molecule has 0 spiro atoms. The Morgan fingerprint density at radius 3 is 2.77 bits per heavy atom. The van der Waals surface area contributed by atoms with Crippen molar-refractivity contribution in [3.8, 4) is 23.2 Å². The highest BCUT2D eigenvalue weighted by Gasteiger charge is 2.25. The largest absolute Gasteiger partial charge is 0.488 e. The number of H-pyrrole nitrogens is 1. The van der Waals surface area contributed by atoms with Gasteiger partial charge >= 0.3 is 0 Å². The molecule has 1 saturated carbocycles. The lowest BCUT2D eigenvalue weighted by molar-refractivity contribution is 0.145. The van der Waals surface area contributed by atoms with Crippen LogP contribution in [0.2, 0.25) is 0 Å². The number of nitrogens with zero attached hydrogens (tertiary/aromatic N) is 5. The molecule has 4 rings (SSSR count). The van der Waals surface area contributed by atoms with E-state index in [1.54, 1.807) is 6.07 Å². The Bertz CT molecular complexity index is 1060. The second kappa shape index (κ2) is 8.38. The SMILES string of the molecule is N#Cc1cnc(Nc2cc(-c3nc(C(F)F)ccc3O[C@@H]3CC[C@H](N)C3)[nH]n2)cn1. The minimum absolute atomic E-state index is 0.0724. The number of pyridine rings is 1. The number of aromatic amines is 1. The van der Waals surface area contributed by atoms with Crippen LogP contribution in [0.5, 0.6) is 5.75 Å². The summed E-state index contributed by atoms with van der Waals surface area (Å²) < 4.78 is 32.4. The van der Waals surface area contributed by atoms with Gasteiger partial charge < -0.3 is 15.8 Å². The molecule has 1 fully saturated rings. The Labute approximate surface area is 170 Å². The molecular formula is C19H18F2N8O. The third-order valence-electron chi connectivity index (χ3n) is 4.68. The van der Waals surface area contributed by atoms with Crippen molar-refractivity contribution in [3.63, 3.8) is 0 Å². The Morgan fingerprint density at radius 1 is 1.23 bits per heavy atom. The quantitative estimate of drug-likeness (QED) is 0.561. The van der Waals surface area contributed by atoms with Crippen LogP contribution in [0, 0.1) is 11.3 Å². The molecule has 0 aliphatic heterocycles. The van der Waals surface area contributed by atoms with Crippen LogP contribution in [0.3, 0.4) is 0 Å². The lowest BCUT2D eigenvalue weighted by atomic mass is 10.2. The first kappa shape index (κ1) is 19.7. The minimum Gasteiger partial charge on any atom is -0.488 e. The molecule has 2 atom stereocenters. The zero-order valence-corrected chi connectivity index (χ0v) is 15.7. The third-order valence-corrected chi connectivity index (χ3v) is 4.68. The summed E-state index contributed by atoms with van der Waals surface area (Å²) in [4.78, 5) is 12.1. The Kier molecular flexibility index (Phi) is 5.49. The van der Waals surface area contributed by atoms with E-state index >= 15 is 0 Å². The van der Waals surface area contributed by atoms with Gasteiger partial charge in [-0.05, 0) is 31.4 Å². The van der Waals surface area contributed by atoms with E-state index < -0.39 is 6.43 Å². The molecule has 3 aromatic heterocycles. The Balaban J connectivity index is 1.59. The van der Waals surface area contributed by atoms with Crippen LogP contribution < -0.4 is 15.8 Å². The van der Waals surface area contributed by atoms with E-state index in [0.29, 0.717) is 29.5 Å². The summed E-state index contributed by atoms with van der Waals surface area (Å²) in [5.41, 5.74) is 6.40. The zero-order valence-electron chi connectivity index (χ0n) is 15.7. The number of nitrogens with two attached hydrogens (primary N) is 1. The summed E-state index contributed by atoms with van der Waals surface area (Å²) >= 11 is 0. The second-order valence-electron chi connectivity index (χ2n) is 6.89. The van der Waals surface area contributed by atoms with E-state index in [9.17, 15) is 8.78 Å². The maximum atomic E-state index is 13.2. The predicted octanol–water partition coefficient (Wildman–Crippen LogP) is 3.07.